The van der Waals surface area contributed by atoms with Gasteiger partial charge in [0.1, 0.15) is 24.7 Å². The number of fused-ring (bicyclic) bond motifs is 2. The maximum Gasteiger partial charge on any atom is 0.337 e. The number of anilines is 2. The lowest BCUT2D eigenvalue weighted by Crippen LogP contribution is -2.14. The Labute approximate surface area is 454 Å². The van der Waals surface area contributed by atoms with Crippen LogP contribution in [0.5, 0.6) is 11.5 Å². The van der Waals surface area contributed by atoms with Gasteiger partial charge in [0.05, 0.1) is 85.8 Å². The van der Waals surface area contributed by atoms with E-state index in [1.54, 1.807) is 60.7 Å². The number of nitrogens with one attached hydrogen (secondary N) is 2. The van der Waals surface area contributed by atoms with Gasteiger partial charge in [-0.1, -0.05) is 36.4 Å². The third kappa shape index (κ3) is 16.7. The molecule has 18 nitrogen and oxygen atoms in total. The van der Waals surface area contributed by atoms with Crippen LogP contribution in [-0.2, 0) is 52.2 Å². The molecule has 0 bridgehead atoms. The second kappa shape index (κ2) is 26.7. The Balaban J connectivity index is 0.000000189. The topological polar surface area (TPSA) is 251 Å². The number of aromatic amines is 1. The summed E-state index contributed by atoms with van der Waals surface area (Å²) < 4.78 is 81.5. The summed E-state index contributed by atoms with van der Waals surface area (Å²) in [5, 5.41) is 1.59. The first-order valence-corrected chi connectivity index (χ1v) is 27.5. The minimum Gasteiger partial charge on any atom is -0.487 e. The van der Waals surface area contributed by atoms with Crippen molar-refractivity contribution >= 4 is 122 Å². The highest BCUT2D eigenvalue weighted by molar-refractivity contribution is 14.1. The lowest BCUT2D eigenvalue weighted by Gasteiger charge is -2.10. The van der Waals surface area contributed by atoms with Crippen molar-refractivity contribution in [3.05, 3.63) is 186 Å². The van der Waals surface area contributed by atoms with Gasteiger partial charge < -0.3 is 39.1 Å². The lowest BCUT2D eigenvalue weighted by molar-refractivity contribution is 0.0592. The summed E-state index contributed by atoms with van der Waals surface area (Å²) in [6.45, 7) is 0.533. The van der Waals surface area contributed by atoms with Gasteiger partial charge >= 0.3 is 23.9 Å². The highest BCUT2D eigenvalue weighted by Gasteiger charge is 2.19. The highest BCUT2D eigenvalue weighted by Crippen LogP contribution is 2.26. The second-order valence-corrected chi connectivity index (χ2v) is 21.4. The number of carbonyl (C=O) groups is 4. The van der Waals surface area contributed by atoms with E-state index in [1.807, 2.05) is 89.3 Å². The first-order chi connectivity index (χ1) is 35.1. The molecule has 0 atom stereocenters. The number of benzene rings is 6. The maximum absolute atomic E-state index is 12.2. The summed E-state index contributed by atoms with van der Waals surface area (Å²) in [4.78, 5) is 48.7. The predicted molar refractivity (Wildman–Crippen MR) is 299 cm³/mol. The lowest BCUT2D eigenvalue weighted by atomic mass is 10.1. The van der Waals surface area contributed by atoms with Crippen molar-refractivity contribution in [2.24, 2.45) is 0 Å². The van der Waals surface area contributed by atoms with Crippen molar-refractivity contribution in [3.8, 4) is 11.5 Å². The molecule has 0 aliphatic carbocycles. The van der Waals surface area contributed by atoms with E-state index in [9.17, 15) is 36.0 Å². The highest BCUT2D eigenvalue weighted by atomic mass is 127. The molecule has 6 aromatic carbocycles. The summed E-state index contributed by atoms with van der Waals surface area (Å²) in [7, 11) is -1.53. The SMILES string of the molecule is COC(=O)c1ccc(N)c(I)c1.COC(=O)c1ccc(NS(C)(=O)=O)c(I)c1.COC(=O)c1ccc2[nH]c(COc3ccccc3)cc2c1.COC(=O)c1ccc2c(c1)cc(COc1ccccc1)n2S(C)(=O)=O. The number of hydrogen-bond acceptors (Lipinski definition) is 15. The molecule has 0 saturated heterocycles. The third-order valence-corrected chi connectivity index (χ3v) is 13.6. The summed E-state index contributed by atoms with van der Waals surface area (Å²) >= 11 is 4.01. The van der Waals surface area contributed by atoms with Gasteiger partial charge in [-0.05, 0) is 154 Å². The number of halogens is 2. The molecule has 388 valence electrons. The number of aromatic nitrogens is 2. The Hall–Kier alpha value is -7.16. The number of ether oxygens (including phenoxy) is 6. The summed E-state index contributed by atoms with van der Waals surface area (Å²) in [5.74, 6) is -0.137. The number of carbonyl (C=O) groups excluding carboxylic acids is 4. The van der Waals surface area contributed by atoms with Crippen molar-refractivity contribution in [1.29, 1.82) is 0 Å². The molecule has 8 aromatic rings. The molecule has 2 aromatic heterocycles. The number of sulfonamides is 1. The number of esters is 4. The Kier molecular flexibility index (Phi) is 20.8. The van der Waals surface area contributed by atoms with Gasteiger partial charge in [0.25, 0.3) is 0 Å². The van der Waals surface area contributed by atoms with Crippen LogP contribution in [0.3, 0.4) is 0 Å². The maximum atomic E-state index is 12.2. The molecule has 0 aliphatic heterocycles. The molecule has 0 unspecified atom stereocenters. The number of nitrogens with zero attached hydrogens (tertiary/aromatic N) is 1. The van der Waals surface area contributed by atoms with E-state index in [4.69, 9.17) is 24.7 Å². The molecule has 0 fully saturated rings. The average molecular weight is 1270 g/mol. The fourth-order valence-electron chi connectivity index (χ4n) is 6.67. The Morgan fingerprint density at radius 2 is 1.01 bits per heavy atom. The van der Waals surface area contributed by atoms with Gasteiger partial charge in [0.2, 0.25) is 20.0 Å². The molecule has 0 saturated carbocycles. The van der Waals surface area contributed by atoms with E-state index in [2.05, 4.69) is 41.8 Å². The molecule has 4 N–H and O–H groups in total. The number of H-pyrrole nitrogens is 1. The first kappa shape index (κ1) is 57.7. The monoisotopic (exact) mass is 1270 g/mol. The van der Waals surface area contributed by atoms with E-state index in [1.165, 1.54) is 50.6 Å². The van der Waals surface area contributed by atoms with Crippen molar-refractivity contribution in [1.82, 2.24) is 8.96 Å². The Morgan fingerprint density at radius 1 is 0.554 bits per heavy atom. The fraction of sp³-hybridized carbons (Fsp3) is 0.154. The van der Waals surface area contributed by atoms with Crippen LogP contribution in [0, 0.1) is 7.14 Å². The predicted octanol–water partition coefficient (Wildman–Crippen LogP) is 9.46. The van der Waals surface area contributed by atoms with Crippen LogP contribution in [-0.4, -0.2) is 90.6 Å². The number of rotatable bonds is 13. The summed E-state index contributed by atoms with van der Waals surface area (Å²) in [6.07, 6.45) is 2.20. The van der Waals surface area contributed by atoms with Gasteiger partial charge in [0, 0.05) is 29.1 Å². The first-order valence-electron chi connectivity index (χ1n) is 21.6. The Morgan fingerprint density at radius 3 is 1.50 bits per heavy atom. The molecule has 74 heavy (non-hydrogen) atoms. The molecule has 0 radical (unpaired) electrons. The quantitative estimate of drug-likeness (QED) is 0.0421. The van der Waals surface area contributed by atoms with Crippen LogP contribution in [0.4, 0.5) is 11.4 Å². The molecule has 0 aliphatic rings. The zero-order valence-electron chi connectivity index (χ0n) is 40.6. The molecular formula is C52H50I2N4O14S2. The molecule has 2 heterocycles. The number of nitrogen functional groups attached to an aromatic ring is 1. The molecule has 0 spiro atoms. The van der Waals surface area contributed by atoms with Gasteiger partial charge in [0.15, 0.2) is 0 Å². The van der Waals surface area contributed by atoms with E-state index < -0.39 is 32.0 Å². The van der Waals surface area contributed by atoms with Crippen molar-refractivity contribution in [2.45, 2.75) is 13.2 Å². The minimum atomic E-state index is -3.54. The van der Waals surface area contributed by atoms with Crippen LogP contribution in [0.1, 0.15) is 52.8 Å². The number of methoxy groups -OCH3 is 4. The van der Waals surface area contributed by atoms with Crippen molar-refractivity contribution < 1.29 is 64.4 Å². The average Bonchev–Trinajstić information content (AvgIpc) is 3.99. The van der Waals surface area contributed by atoms with Crippen LogP contribution in [0.15, 0.2) is 146 Å². The zero-order chi connectivity index (χ0) is 54.2. The molecule has 0 amide bonds. The Bertz CT molecular complexity index is 3500. The smallest absolute Gasteiger partial charge is 0.337 e. The fourth-order valence-corrected chi connectivity index (χ4v) is 9.65. The normalized spacial score (nSPS) is 10.8. The van der Waals surface area contributed by atoms with E-state index >= 15 is 0 Å². The van der Waals surface area contributed by atoms with Gasteiger partial charge in [-0.15, -0.1) is 0 Å². The van der Waals surface area contributed by atoms with E-state index in [0.717, 1.165) is 38.4 Å². The van der Waals surface area contributed by atoms with Crippen molar-refractivity contribution in [3.63, 3.8) is 0 Å². The molecule has 22 heteroatoms. The minimum absolute atomic E-state index is 0.0827. The second-order valence-electron chi connectivity index (χ2n) is 15.5. The summed E-state index contributed by atoms with van der Waals surface area (Å²) in [6, 6.07) is 42.2. The van der Waals surface area contributed by atoms with Crippen LogP contribution < -0.4 is 19.9 Å². The van der Waals surface area contributed by atoms with Crippen LogP contribution in [0.25, 0.3) is 21.8 Å². The van der Waals surface area contributed by atoms with Crippen LogP contribution in [0.2, 0.25) is 0 Å². The number of hydrogen-bond donors (Lipinski definition) is 3. The van der Waals surface area contributed by atoms with Crippen LogP contribution >= 0.6 is 45.2 Å². The third-order valence-electron chi connectivity index (χ3n) is 10.1. The summed E-state index contributed by atoms with van der Waals surface area (Å²) in [5.41, 5.74) is 11.4. The van der Waals surface area contributed by atoms with Gasteiger partial charge in [-0.3, -0.25) is 4.72 Å². The zero-order valence-corrected chi connectivity index (χ0v) is 46.5. The van der Waals surface area contributed by atoms with E-state index in [-0.39, 0.29) is 18.5 Å². The molecular weight excluding hydrogens is 1220 g/mol. The van der Waals surface area contributed by atoms with Gasteiger partial charge in [-0.2, -0.15) is 0 Å². The number of nitrogens with two attached hydrogens (primary N) is 1. The van der Waals surface area contributed by atoms with Gasteiger partial charge in [-0.25, -0.2) is 40.0 Å². The van der Waals surface area contributed by atoms with E-state index in [0.29, 0.717) is 66.2 Å². The van der Waals surface area contributed by atoms with Crippen molar-refractivity contribution in [2.75, 3.05) is 51.4 Å². The molecule has 8 rings (SSSR count). The number of para-hydroxylation sites is 2. The largest absolute Gasteiger partial charge is 0.487 e. The standard InChI is InChI=1S/C18H17NO5S.C17H15NO3.C9H10INO4S.C8H8INO2/c1-23-18(20)13-8-9-17-14(10-13)11-15(19(17)25(2,21)22)12-24-16-6-4-3-5-7-16;1-20-17(19)12-7-8-16-13(9-12)10-14(18-16)11-21-15-5-3-2-4-6-15;1-15-9(12)6-3-4-8(7(10)5-6)11-16(2,13)14;1-12-8(11)5-2-3-7(10)6(9)4-5/h3-11H,12H2,1-2H3;2-10,18H,11H2,1H3;3-5,11H,1-2H3;2-4H,10H2,1H3.